The number of thioether (sulfide) groups is 1. The molecule has 17 heavy (non-hydrogen) atoms. The second kappa shape index (κ2) is 7.12. The molecular formula is C13H16O3S. The average Bonchev–Trinajstić information content (AvgIpc) is 2.34. The molecule has 0 unspecified atom stereocenters. The van der Waals surface area contributed by atoms with Gasteiger partial charge in [0.25, 0.3) is 0 Å². The summed E-state index contributed by atoms with van der Waals surface area (Å²) in [6.07, 6.45) is 1.25. The molecule has 0 saturated carbocycles. The molecule has 1 rings (SSSR count). The first-order chi connectivity index (χ1) is 8.13. The lowest BCUT2D eigenvalue weighted by Gasteiger charge is -2.02. The maximum absolute atomic E-state index is 11.1. The molecule has 92 valence electrons. The molecule has 0 fully saturated rings. The van der Waals surface area contributed by atoms with Crippen LogP contribution >= 0.6 is 11.8 Å². The van der Waals surface area contributed by atoms with Crippen molar-refractivity contribution in [2.24, 2.45) is 0 Å². The molecule has 0 N–H and O–H groups in total. The molecule has 0 aliphatic heterocycles. The molecule has 0 aliphatic rings. The SMILES string of the molecule is COC(=O)CCCSc1ccc(C(C)=O)cc1. The minimum atomic E-state index is -0.169. The van der Waals surface area contributed by atoms with Crippen molar-refractivity contribution in [2.75, 3.05) is 12.9 Å². The van der Waals surface area contributed by atoms with Crippen molar-refractivity contribution in [3.63, 3.8) is 0 Å². The van der Waals surface area contributed by atoms with Crippen molar-refractivity contribution in [3.8, 4) is 0 Å². The number of methoxy groups -OCH3 is 1. The van der Waals surface area contributed by atoms with Crippen LogP contribution in [0.2, 0.25) is 0 Å². The van der Waals surface area contributed by atoms with Crippen LogP contribution in [0, 0.1) is 0 Å². The number of benzene rings is 1. The van der Waals surface area contributed by atoms with Crippen LogP contribution < -0.4 is 0 Å². The summed E-state index contributed by atoms with van der Waals surface area (Å²) in [4.78, 5) is 23.1. The van der Waals surface area contributed by atoms with Crippen LogP contribution in [0.5, 0.6) is 0 Å². The summed E-state index contributed by atoms with van der Waals surface area (Å²) in [7, 11) is 1.40. The largest absolute Gasteiger partial charge is 0.469 e. The monoisotopic (exact) mass is 252 g/mol. The van der Waals surface area contributed by atoms with Gasteiger partial charge in [-0.15, -0.1) is 11.8 Å². The number of esters is 1. The average molecular weight is 252 g/mol. The molecule has 0 aliphatic carbocycles. The first-order valence-electron chi connectivity index (χ1n) is 5.44. The van der Waals surface area contributed by atoms with Crippen molar-refractivity contribution in [2.45, 2.75) is 24.7 Å². The third-order valence-electron chi connectivity index (χ3n) is 2.28. The van der Waals surface area contributed by atoms with Gasteiger partial charge in [0.1, 0.15) is 0 Å². The van der Waals surface area contributed by atoms with Crippen LogP contribution in [-0.4, -0.2) is 24.6 Å². The highest BCUT2D eigenvalue weighted by molar-refractivity contribution is 7.99. The van der Waals surface area contributed by atoms with Gasteiger partial charge in [0.2, 0.25) is 0 Å². The fourth-order valence-electron chi connectivity index (χ4n) is 1.29. The van der Waals surface area contributed by atoms with E-state index in [4.69, 9.17) is 0 Å². The molecule has 1 aromatic carbocycles. The quantitative estimate of drug-likeness (QED) is 0.338. The summed E-state index contributed by atoms with van der Waals surface area (Å²) < 4.78 is 4.56. The molecule has 0 spiro atoms. The Labute approximate surface area is 106 Å². The lowest BCUT2D eigenvalue weighted by Crippen LogP contribution is -1.99. The lowest BCUT2D eigenvalue weighted by atomic mass is 10.2. The fourth-order valence-corrected chi connectivity index (χ4v) is 2.15. The maximum atomic E-state index is 11.1. The Kier molecular flexibility index (Phi) is 5.77. The van der Waals surface area contributed by atoms with Crippen LogP contribution in [0.1, 0.15) is 30.1 Å². The van der Waals surface area contributed by atoms with Gasteiger partial charge in [-0.25, -0.2) is 0 Å². The predicted octanol–water partition coefficient (Wildman–Crippen LogP) is 2.93. The standard InChI is InChI=1S/C13H16O3S/c1-10(14)11-5-7-12(8-6-11)17-9-3-4-13(15)16-2/h5-8H,3-4,9H2,1-2H3. The number of rotatable bonds is 6. The van der Waals surface area contributed by atoms with E-state index in [0.717, 1.165) is 22.6 Å². The van der Waals surface area contributed by atoms with E-state index in [2.05, 4.69) is 4.74 Å². The predicted molar refractivity (Wildman–Crippen MR) is 68.4 cm³/mol. The van der Waals surface area contributed by atoms with E-state index in [-0.39, 0.29) is 11.8 Å². The molecule has 0 atom stereocenters. The maximum Gasteiger partial charge on any atom is 0.305 e. The highest BCUT2D eigenvalue weighted by atomic mass is 32.2. The van der Waals surface area contributed by atoms with Gasteiger partial charge in [-0.3, -0.25) is 9.59 Å². The summed E-state index contributed by atoms with van der Waals surface area (Å²) in [5.41, 5.74) is 0.726. The number of hydrogen-bond donors (Lipinski definition) is 0. The minimum absolute atomic E-state index is 0.0761. The van der Waals surface area contributed by atoms with E-state index in [1.807, 2.05) is 24.3 Å². The van der Waals surface area contributed by atoms with Crippen molar-refractivity contribution >= 4 is 23.5 Å². The molecule has 1 aromatic rings. The summed E-state index contributed by atoms with van der Waals surface area (Å²) in [6.45, 7) is 1.55. The minimum Gasteiger partial charge on any atom is -0.469 e. The smallest absolute Gasteiger partial charge is 0.305 e. The third-order valence-corrected chi connectivity index (χ3v) is 3.38. The van der Waals surface area contributed by atoms with E-state index < -0.39 is 0 Å². The van der Waals surface area contributed by atoms with Crippen LogP contribution in [0.25, 0.3) is 0 Å². The molecule has 0 heterocycles. The molecule has 0 aromatic heterocycles. The van der Waals surface area contributed by atoms with E-state index in [1.54, 1.807) is 18.7 Å². The van der Waals surface area contributed by atoms with Gasteiger partial charge in [0.15, 0.2) is 5.78 Å². The second-order valence-corrected chi connectivity index (χ2v) is 4.78. The van der Waals surface area contributed by atoms with E-state index >= 15 is 0 Å². The highest BCUT2D eigenvalue weighted by Crippen LogP contribution is 2.20. The lowest BCUT2D eigenvalue weighted by molar-refractivity contribution is -0.140. The Morgan fingerprint density at radius 2 is 1.88 bits per heavy atom. The topological polar surface area (TPSA) is 43.4 Å². The Hall–Kier alpha value is -1.29. The second-order valence-electron chi connectivity index (χ2n) is 3.61. The van der Waals surface area contributed by atoms with Gasteiger partial charge in [-0.2, -0.15) is 0 Å². The molecule has 0 amide bonds. The highest BCUT2D eigenvalue weighted by Gasteiger charge is 2.01. The number of hydrogen-bond acceptors (Lipinski definition) is 4. The van der Waals surface area contributed by atoms with Crippen molar-refractivity contribution in [1.82, 2.24) is 0 Å². The van der Waals surface area contributed by atoms with Gasteiger partial charge in [0.05, 0.1) is 7.11 Å². The first-order valence-corrected chi connectivity index (χ1v) is 6.42. The van der Waals surface area contributed by atoms with E-state index in [0.29, 0.717) is 6.42 Å². The molecule has 0 radical (unpaired) electrons. The zero-order chi connectivity index (χ0) is 12.7. The van der Waals surface area contributed by atoms with Crippen LogP contribution in [-0.2, 0) is 9.53 Å². The molecule has 4 heteroatoms. The summed E-state index contributed by atoms with van der Waals surface area (Å²) in [5, 5.41) is 0. The number of ketones is 1. The molecular weight excluding hydrogens is 236 g/mol. The summed E-state index contributed by atoms with van der Waals surface area (Å²) in [5.74, 6) is 0.777. The van der Waals surface area contributed by atoms with Gasteiger partial charge >= 0.3 is 5.97 Å². The Morgan fingerprint density at radius 3 is 2.41 bits per heavy atom. The number of ether oxygens (including phenoxy) is 1. The third kappa shape index (κ3) is 5.04. The van der Waals surface area contributed by atoms with Gasteiger partial charge < -0.3 is 4.74 Å². The normalized spacial score (nSPS) is 10.0. The first kappa shape index (κ1) is 13.8. The summed E-state index contributed by atoms with van der Waals surface area (Å²) in [6, 6.07) is 7.51. The zero-order valence-electron chi connectivity index (χ0n) is 10.1. The number of carbonyl (C=O) groups excluding carboxylic acids is 2. The number of Topliss-reactive ketones (excluding diaryl/α,β-unsaturated/α-hetero) is 1. The van der Waals surface area contributed by atoms with Crippen molar-refractivity contribution in [3.05, 3.63) is 29.8 Å². The van der Waals surface area contributed by atoms with Gasteiger partial charge in [-0.1, -0.05) is 12.1 Å². The Bertz CT molecular complexity index is 384. The van der Waals surface area contributed by atoms with Gasteiger partial charge in [0, 0.05) is 16.9 Å². The van der Waals surface area contributed by atoms with Crippen molar-refractivity contribution < 1.29 is 14.3 Å². The molecule has 3 nitrogen and oxygen atoms in total. The van der Waals surface area contributed by atoms with E-state index in [9.17, 15) is 9.59 Å². The fraction of sp³-hybridized carbons (Fsp3) is 0.385. The summed E-state index contributed by atoms with van der Waals surface area (Å²) >= 11 is 1.67. The zero-order valence-corrected chi connectivity index (χ0v) is 10.9. The van der Waals surface area contributed by atoms with Crippen LogP contribution in [0.15, 0.2) is 29.2 Å². The van der Waals surface area contributed by atoms with Crippen LogP contribution in [0.3, 0.4) is 0 Å². The van der Waals surface area contributed by atoms with Gasteiger partial charge in [-0.05, 0) is 31.2 Å². The molecule has 0 saturated heterocycles. The molecule has 0 bridgehead atoms. The Balaban J connectivity index is 2.32. The van der Waals surface area contributed by atoms with Crippen molar-refractivity contribution in [1.29, 1.82) is 0 Å². The Morgan fingerprint density at radius 1 is 1.24 bits per heavy atom. The van der Waals surface area contributed by atoms with Crippen LogP contribution in [0.4, 0.5) is 0 Å². The number of carbonyl (C=O) groups is 2. The van der Waals surface area contributed by atoms with E-state index in [1.165, 1.54) is 7.11 Å².